The molecule has 0 aromatic heterocycles. The molecule has 4 rings (SSSR count). The van der Waals surface area contributed by atoms with E-state index in [2.05, 4.69) is 72.6 Å². The van der Waals surface area contributed by atoms with Crippen molar-refractivity contribution in [2.75, 3.05) is 33.3 Å². The van der Waals surface area contributed by atoms with Crippen LogP contribution in [0.5, 0.6) is 5.75 Å². The molecule has 4 nitrogen and oxygen atoms in total. The second-order valence-electron chi connectivity index (χ2n) is 9.51. The number of nitrogens with one attached hydrogen (secondary N) is 1. The molecular formula is C30H35ClN2O2. The van der Waals surface area contributed by atoms with E-state index in [1.54, 1.807) is 13.2 Å². The zero-order chi connectivity index (χ0) is 24.8. The van der Waals surface area contributed by atoms with Gasteiger partial charge in [0.05, 0.1) is 7.11 Å². The Kier molecular flexibility index (Phi) is 8.61. The molecule has 0 aliphatic carbocycles. The molecule has 1 N–H and O–H groups in total. The number of benzene rings is 2. The summed E-state index contributed by atoms with van der Waals surface area (Å²) < 4.78 is 5.64. The first-order chi connectivity index (χ1) is 17.0. The van der Waals surface area contributed by atoms with Crippen molar-refractivity contribution >= 4 is 11.6 Å². The van der Waals surface area contributed by atoms with E-state index in [4.69, 9.17) is 16.3 Å². The van der Waals surface area contributed by atoms with Gasteiger partial charge < -0.3 is 10.1 Å². The van der Waals surface area contributed by atoms with Gasteiger partial charge in [0.15, 0.2) is 5.75 Å². The number of hydrogen-bond acceptors (Lipinski definition) is 4. The molecule has 0 radical (unpaired) electrons. The first-order valence-corrected chi connectivity index (χ1v) is 12.8. The maximum absolute atomic E-state index is 12.7. The molecule has 2 atom stereocenters. The van der Waals surface area contributed by atoms with E-state index in [1.165, 1.54) is 16.7 Å². The first-order valence-electron chi connectivity index (χ1n) is 12.4. The van der Waals surface area contributed by atoms with Crippen LogP contribution in [0.2, 0.25) is 5.02 Å². The van der Waals surface area contributed by atoms with Crippen molar-refractivity contribution in [3.63, 3.8) is 0 Å². The fourth-order valence-corrected chi connectivity index (χ4v) is 5.44. The van der Waals surface area contributed by atoms with Crippen molar-refractivity contribution < 1.29 is 4.74 Å². The van der Waals surface area contributed by atoms with Crippen molar-refractivity contribution in [1.29, 1.82) is 0 Å². The Bertz CT molecular complexity index is 1170. The number of piperazine rings is 1. The summed E-state index contributed by atoms with van der Waals surface area (Å²) in [6.45, 7) is 7.98. The van der Waals surface area contributed by atoms with E-state index in [-0.39, 0.29) is 17.4 Å². The number of halogens is 1. The highest BCUT2D eigenvalue weighted by Crippen LogP contribution is 2.33. The summed E-state index contributed by atoms with van der Waals surface area (Å²) in [6.07, 6.45) is 0.763. The highest BCUT2D eigenvalue weighted by molar-refractivity contribution is 6.30. The van der Waals surface area contributed by atoms with Crippen LogP contribution >= 0.6 is 11.6 Å². The van der Waals surface area contributed by atoms with E-state index in [1.807, 2.05) is 18.2 Å². The lowest BCUT2D eigenvalue weighted by Gasteiger charge is -2.41. The summed E-state index contributed by atoms with van der Waals surface area (Å²) in [5.74, 6) is 0.980. The molecule has 1 aliphatic rings. The molecular weight excluding hydrogens is 456 g/mol. The monoisotopic (exact) mass is 490 g/mol. The highest BCUT2D eigenvalue weighted by Gasteiger charge is 2.32. The van der Waals surface area contributed by atoms with Crippen molar-refractivity contribution in [2.45, 2.75) is 38.1 Å². The fraction of sp³-hybridized carbons (Fsp3) is 0.367. The highest BCUT2D eigenvalue weighted by atomic mass is 35.5. The third kappa shape index (κ3) is 5.95. The summed E-state index contributed by atoms with van der Waals surface area (Å²) in [6, 6.07) is 24.8. The van der Waals surface area contributed by atoms with Gasteiger partial charge in [-0.3, -0.25) is 9.69 Å². The van der Waals surface area contributed by atoms with Crippen molar-refractivity contribution in [2.24, 2.45) is 0 Å². The van der Waals surface area contributed by atoms with Gasteiger partial charge in [-0.2, -0.15) is 0 Å². The normalized spacial score (nSPS) is 17.3. The van der Waals surface area contributed by atoms with Crippen LogP contribution in [0.4, 0.5) is 0 Å². The fourth-order valence-electron chi connectivity index (χ4n) is 5.31. The number of methoxy groups -OCH3 is 1. The van der Waals surface area contributed by atoms with Gasteiger partial charge in [0.25, 0.3) is 0 Å². The Labute approximate surface area is 213 Å². The summed E-state index contributed by atoms with van der Waals surface area (Å²) in [7, 11) is 1.60. The number of nitrogens with zero attached hydrogens (tertiary/aromatic N) is 1. The summed E-state index contributed by atoms with van der Waals surface area (Å²) in [4.78, 5) is 15.3. The third-order valence-corrected chi connectivity index (χ3v) is 7.27. The topological polar surface area (TPSA) is 41.6 Å². The Hall–Kier alpha value is -2.66. The lowest BCUT2D eigenvalue weighted by molar-refractivity contribution is 0.148. The molecule has 2 unspecified atom stereocenters. The van der Waals surface area contributed by atoms with E-state index in [9.17, 15) is 4.79 Å². The predicted molar refractivity (Wildman–Crippen MR) is 145 cm³/mol. The molecule has 3 aromatic carbocycles. The molecule has 35 heavy (non-hydrogen) atoms. The number of hydrogen-bond donors (Lipinski definition) is 1. The van der Waals surface area contributed by atoms with Gasteiger partial charge in [-0.25, -0.2) is 0 Å². The zero-order valence-electron chi connectivity index (χ0n) is 20.8. The van der Waals surface area contributed by atoms with E-state index in [0.29, 0.717) is 11.7 Å². The van der Waals surface area contributed by atoms with Crippen molar-refractivity contribution in [1.82, 2.24) is 10.2 Å². The van der Waals surface area contributed by atoms with Gasteiger partial charge in [0, 0.05) is 48.7 Å². The lowest BCUT2D eigenvalue weighted by atomic mass is 9.83. The lowest BCUT2D eigenvalue weighted by Crippen LogP contribution is -2.54. The maximum atomic E-state index is 12.7. The standard InChI is InChI=1S/C30H35ClN2O2/c1-21(2)25-10-7-11-28(34)30(35-3)26(25)16-18-33-19-17-32-20-27(33)29(22-8-5-4-6-9-22)23-12-14-24(31)15-13-23/h4-15,21,27,29,32H,16-20H2,1-3H3. The summed E-state index contributed by atoms with van der Waals surface area (Å²) in [5, 5.41) is 4.37. The molecule has 1 heterocycles. The smallest absolute Gasteiger partial charge is 0.220 e. The van der Waals surface area contributed by atoms with E-state index in [0.717, 1.165) is 43.2 Å². The maximum Gasteiger partial charge on any atom is 0.220 e. The zero-order valence-corrected chi connectivity index (χ0v) is 21.6. The second kappa shape index (κ2) is 11.9. The molecule has 0 amide bonds. The minimum absolute atomic E-state index is 0.0606. The molecule has 1 saturated heterocycles. The summed E-state index contributed by atoms with van der Waals surface area (Å²) in [5.41, 5.74) is 4.69. The largest absolute Gasteiger partial charge is 0.492 e. The van der Waals surface area contributed by atoms with Crippen LogP contribution in [0.15, 0.2) is 77.6 Å². The van der Waals surface area contributed by atoms with Crippen molar-refractivity contribution in [3.05, 3.63) is 110 Å². The number of ether oxygens (including phenoxy) is 1. The van der Waals surface area contributed by atoms with E-state index >= 15 is 0 Å². The Balaban J connectivity index is 1.69. The van der Waals surface area contributed by atoms with Gasteiger partial charge in [0.2, 0.25) is 5.43 Å². The van der Waals surface area contributed by atoms with Gasteiger partial charge in [-0.1, -0.05) is 80.0 Å². The SMILES string of the molecule is COc1c(CCN2CCNCC2C(c2ccccc2)c2ccc(Cl)cc2)c(C(C)C)cccc1=O. The molecule has 5 heteroatoms. The van der Waals surface area contributed by atoms with Crippen LogP contribution in [0.1, 0.15) is 47.9 Å². The van der Waals surface area contributed by atoms with Crippen LogP contribution in [0.25, 0.3) is 0 Å². The summed E-state index contributed by atoms with van der Waals surface area (Å²) >= 11 is 6.23. The molecule has 0 bridgehead atoms. The van der Waals surface area contributed by atoms with Gasteiger partial charge >= 0.3 is 0 Å². The van der Waals surface area contributed by atoms with E-state index < -0.39 is 0 Å². The van der Waals surface area contributed by atoms with Crippen LogP contribution < -0.4 is 15.5 Å². The average molecular weight is 491 g/mol. The van der Waals surface area contributed by atoms with Gasteiger partial charge in [-0.15, -0.1) is 0 Å². The van der Waals surface area contributed by atoms with Crippen molar-refractivity contribution in [3.8, 4) is 5.75 Å². The first kappa shape index (κ1) is 25.4. The van der Waals surface area contributed by atoms with Crippen LogP contribution in [0, 0.1) is 0 Å². The molecule has 1 fully saturated rings. The molecule has 1 aliphatic heterocycles. The Morgan fingerprint density at radius 3 is 2.40 bits per heavy atom. The minimum Gasteiger partial charge on any atom is -0.492 e. The van der Waals surface area contributed by atoms with Gasteiger partial charge in [-0.05, 0) is 47.2 Å². The molecule has 0 saturated carbocycles. The predicted octanol–water partition coefficient (Wildman–Crippen LogP) is 5.48. The van der Waals surface area contributed by atoms with Gasteiger partial charge in [0.1, 0.15) is 0 Å². The third-order valence-electron chi connectivity index (χ3n) is 7.02. The quantitative estimate of drug-likeness (QED) is 0.454. The van der Waals surface area contributed by atoms with Crippen LogP contribution in [0.3, 0.4) is 0 Å². The Morgan fingerprint density at radius 1 is 1.00 bits per heavy atom. The number of rotatable bonds is 8. The Morgan fingerprint density at radius 2 is 1.71 bits per heavy atom. The second-order valence-corrected chi connectivity index (χ2v) is 9.95. The molecule has 0 spiro atoms. The molecule has 3 aromatic rings. The van der Waals surface area contributed by atoms with Crippen LogP contribution in [-0.4, -0.2) is 44.2 Å². The molecule has 184 valence electrons. The minimum atomic E-state index is -0.0606. The van der Waals surface area contributed by atoms with Crippen LogP contribution in [-0.2, 0) is 6.42 Å². The average Bonchev–Trinajstić information content (AvgIpc) is 3.03.